The zero-order valence-electron chi connectivity index (χ0n) is 10.4. The highest BCUT2D eigenvalue weighted by atomic mass is 127. The van der Waals surface area contributed by atoms with Crippen LogP contribution in [0, 0.1) is 3.57 Å². The molecule has 0 radical (unpaired) electrons. The molecule has 0 bridgehead atoms. The van der Waals surface area contributed by atoms with E-state index in [-0.39, 0.29) is 11.9 Å². The summed E-state index contributed by atoms with van der Waals surface area (Å²) in [4.78, 5) is 12.3. The number of carbonyl (C=O) groups excluding carboxylic acids is 1. The Kier molecular flexibility index (Phi) is 3.59. The molecule has 3 rings (SSSR count). The predicted octanol–water partition coefficient (Wildman–Crippen LogP) is 3.69. The highest BCUT2D eigenvalue weighted by molar-refractivity contribution is 14.1. The van der Waals surface area contributed by atoms with Crippen LogP contribution in [0.25, 0.3) is 0 Å². The van der Waals surface area contributed by atoms with Crippen LogP contribution in [0.4, 0.5) is 0 Å². The van der Waals surface area contributed by atoms with Gasteiger partial charge in [0.05, 0.1) is 17.9 Å². The van der Waals surface area contributed by atoms with E-state index in [0.717, 1.165) is 39.7 Å². The third-order valence-electron chi connectivity index (χ3n) is 3.48. The van der Waals surface area contributed by atoms with Crippen molar-refractivity contribution in [2.24, 2.45) is 0 Å². The van der Waals surface area contributed by atoms with Gasteiger partial charge in [-0.25, -0.2) is 0 Å². The number of hydrogen-bond acceptors (Lipinski definition) is 2. The summed E-state index contributed by atoms with van der Waals surface area (Å²) in [7, 11) is 0. The maximum Gasteiger partial charge on any atom is 0.252 e. The summed E-state index contributed by atoms with van der Waals surface area (Å²) < 4.78 is 6.42. The van der Waals surface area contributed by atoms with Crippen molar-refractivity contribution in [2.45, 2.75) is 25.3 Å². The molecule has 0 aliphatic heterocycles. The second-order valence-corrected chi connectivity index (χ2v) is 5.86. The molecule has 2 aromatic rings. The Morgan fingerprint density at radius 2 is 2.16 bits per heavy atom. The van der Waals surface area contributed by atoms with Gasteiger partial charge in [-0.2, -0.15) is 0 Å². The van der Waals surface area contributed by atoms with Crippen molar-refractivity contribution in [3.8, 4) is 0 Å². The second-order valence-electron chi connectivity index (χ2n) is 4.70. The lowest BCUT2D eigenvalue weighted by atomic mass is 9.93. The number of aryl methyl sites for hydroxylation is 1. The van der Waals surface area contributed by atoms with Gasteiger partial charge in [-0.05, 0) is 53.6 Å². The SMILES string of the molecule is O=C(NC1CCCc2occc21)c1ccccc1I. The van der Waals surface area contributed by atoms with E-state index in [0.29, 0.717) is 0 Å². The predicted molar refractivity (Wildman–Crippen MR) is 81.0 cm³/mol. The van der Waals surface area contributed by atoms with Gasteiger partial charge in [0.25, 0.3) is 5.91 Å². The van der Waals surface area contributed by atoms with Crippen LogP contribution in [0.2, 0.25) is 0 Å². The first kappa shape index (κ1) is 12.7. The maximum absolute atomic E-state index is 12.3. The first-order valence-corrected chi connectivity index (χ1v) is 7.45. The third-order valence-corrected chi connectivity index (χ3v) is 4.42. The minimum absolute atomic E-state index is 0.0101. The molecule has 1 atom stereocenters. The van der Waals surface area contributed by atoms with E-state index < -0.39 is 0 Å². The average molecular weight is 367 g/mol. The summed E-state index contributed by atoms with van der Waals surface area (Å²) in [5, 5.41) is 3.11. The van der Waals surface area contributed by atoms with E-state index in [4.69, 9.17) is 4.42 Å². The number of nitrogens with one attached hydrogen (secondary N) is 1. The molecular weight excluding hydrogens is 353 g/mol. The first-order valence-electron chi connectivity index (χ1n) is 6.37. The van der Waals surface area contributed by atoms with Crippen LogP contribution in [0.5, 0.6) is 0 Å². The highest BCUT2D eigenvalue weighted by Gasteiger charge is 2.24. The molecule has 1 unspecified atom stereocenters. The number of halogens is 1. The number of rotatable bonds is 2. The maximum atomic E-state index is 12.3. The lowest BCUT2D eigenvalue weighted by Crippen LogP contribution is -2.30. The fraction of sp³-hybridized carbons (Fsp3) is 0.267. The summed E-state index contributed by atoms with van der Waals surface area (Å²) in [6.45, 7) is 0. The molecule has 0 fully saturated rings. The van der Waals surface area contributed by atoms with Gasteiger partial charge < -0.3 is 9.73 Å². The van der Waals surface area contributed by atoms with Crippen LogP contribution >= 0.6 is 22.6 Å². The Bertz CT molecular complexity index is 606. The van der Waals surface area contributed by atoms with E-state index in [2.05, 4.69) is 27.9 Å². The molecular formula is C15H14INO2. The lowest BCUT2D eigenvalue weighted by Gasteiger charge is -2.23. The zero-order chi connectivity index (χ0) is 13.2. The molecule has 0 saturated carbocycles. The molecule has 1 aromatic heterocycles. The summed E-state index contributed by atoms with van der Waals surface area (Å²) in [5.74, 6) is 1.00. The largest absolute Gasteiger partial charge is 0.469 e. The van der Waals surface area contributed by atoms with Crippen molar-refractivity contribution in [1.29, 1.82) is 0 Å². The third kappa shape index (κ3) is 2.54. The van der Waals surface area contributed by atoms with Crippen molar-refractivity contribution in [1.82, 2.24) is 5.32 Å². The molecule has 98 valence electrons. The van der Waals surface area contributed by atoms with E-state index in [1.807, 2.05) is 30.3 Å². The van der Waals surface area contributed by atoms with Gasteiger partial charge in [-0.1, -0.05) is 12.1 Å². The van der Waals surface area contributed by atoms with Crippen LogP contribution in [-0.4, -0.2) is 5.91 Å². The van der Waals surface area contributed by atoms with Crippen LogP contribution in [0.3, 0.4) is 0 Å². The van der Waals surface area contributed by atoms with Gasteiger partial charge >= 0.3 is 0 Å². The molecule has 4 heteroatoms. The number of carbonyl (C=O) groups is 1. The summed E-state index contributed by atoms with van der Waals surface area (Å²) in [5.41, 5.74) is 1.87. The van der Waals surface area contributed by atoms with Gasteiger partial charge in [-0.15, -0.1) is 0 Å². The Hall–Kier alpha value is -1.30. The number of amides is 1. The molecule has 19 heavy (non-hydrogen) atoms. The normalized spacial score (nSPS) is 17.8. The number of fused-ring (bicyclic) bond motifs is 1. The minimum atomic E-state index is -0.0101. The summed E-state index contributed by atoms with van der Waals surface area (Å²) in [6, 6.07) is 9.67. The van der Waals surface area contributed by atoms with Crippen LogP contribution in [0.15, 0.2) is 41.0 Å². The molecule has 1 N–H and O–H groups in total. The van der Waals surface area contributed by atoms with Crippen molar-refractivity contribution in [3.05, 3.63) is 57.1 Å². The Labute approximate surface area is 125 Å². The molecule has 1 amide bonds. The first-order chi connectivity index (χ1) is 9.25. The Balaban J connectivity index is 1.80. The molecule has 0 saturated heterocycles. The van der Waals surface area contributed by atoms with Crippen molar-refractivity contribution in [3.63, 3.8) is 0 Å². The second kappa shape index (κ2) is 5.36. The molecule has 3 nitrogen and oxygen atoms in total. The van der Waals surface area contributed by atoms with Crippen molar-refractivity contribution in [2.75, 3.05) is 0 Å². The number of hydrogen-bond donors (Lipinski definition) is 1. The Morgan fingerprint density at radius 1 is 1.32 bits per heavy atom. The van der Waals surface area contributed by atoms with Gasteiger partial charge in [0, 0.05) is 15.6 Å². The van der Waals surface area contributed by atoms with Crippen molar-refractivity contribution < 1.29 is 9.21 Å². The molecule has 1 aliphatic carbocycles. The fourth-order valence-corrected chi connectivity index (χ4v) is 3.15. The number of benzene rings is 1. The smallest absolute Gasteiger partial charge is 0.252 e. The minimum Gasteiger partial charge on any atom is -0.469 e. The van der Waals surface area contributed by atoms with E-state index in [1.54, 1.807) is 6.26 Å². The van der Waals surface area contributed by atoms with E-state index >= 15 is 0 Å². The molecule has 1 aliphatic rings. The average Bonchev–Trinajstić information content (AvgIpc) is 2.88. The molecule has 1 heterocycles. The van der Waals surface area contributed by atoms with Gasteiger partial charge in [0.2, 0.25) is 0 Å². The summed E-state index contributed by atoms with van der Waals surface area (Å²) >= 11 is 2.19. The van der Waals surface area contributed by atoms with E-state index in [9.17, 15) is 4.79 Å². The van der Waals surface area contributed by atoms with Gasteiger partial charge in [0.1, 0.15) is 5.76 Å². The molecule has 0 spiro atoms. The van der Waals surface area contributed by atoms with Gasteiger partial charge in [-0.3, -0.25) is 4.79 Å². The van der Waals surface area contributed by atoms with Gasteiger partial charge in [0.15, 0.2) is 0 Å². The zero-order valence-corrected chi connectivity index (χ0v) is 12.5. The topological polar surface area (TPSA) is 42.2 Å². The van der Waals surface area contributed by atoms with E-state index in [1.165, 1.54) is 0 Å². The van der Waals surface area contributed by atoms with Crippen LogP contribution in [-0.2, 0) is 6.42 Å². The summed E-state index contributed by atoms with van der Waals surface area (Å²) in [6.07, 6.45) is 4.71. The fourth-order valence-electron chi connectivity index (χ4n) is 2.52. The highest BCUT2D eigenvalue weighted by Crippen LogP contribution is 2.30. The lowest BCUT2D eigenvalue weighted by molar-refractivity contribution is 0.0931. The quantitative estimate of drug-likeness (QED) is 0.823. The monoisotopic (exact) mass is 367 g/mol. The Morgan fingerprint density at radius 3 is 3.00 bits per heavy atom. The van der Waals surface area contributed by atoms with Crippen LogP contribution < -0.4 is 5.32 Å². The molecule has 1 aromatic carbocycles. The van der Waals surface area contributed by atoms with Crippen molar-refractivity contribution >= 4 is 28.5 Å². The van der Waals surface area contributed by atoms with Crippen LogP contribution in [0.1, 0.15) is 40.6 Å². The standard InChI is InChI=1S/C15H14INO2/c16-12-5-2-1-4-10(12)15(18)17-13-6-3-7-14-11(13)8-9-19-14/h1-2,4-5,8-9,13H,3,6-7H2,(H,17,18). The number of furan rings is 1.